The molecule has 1 amide bonds. The fourth-order valence-electron chi connectivity index (χ4n) is 2.87. The zero-order valence-corrected chi connectivity index (χ0v) is 11.8. The molecular formula is C16H24N2O. The van der Waals surface area contributed by atoms with Gasteiger partial charge in [0, 0.05) is 18.7 Å². The van der Waals surface area contributed by atoms with Gasteiger partial charge in [-0.3, -0.25) is 4.79 Å². The first-order valence-corrected chi connectivity index (χ1v) is 7.33. The predicted molar refractivity (Wildman–Crippen MR) is 78.1 cm³/mol. The second-order valence-corrected chi connectivity index (χ2v) is 5.43. The van der Waals surface area contributed by atoms with Crippen molar-refractivity contribution in [2.75, 3.05) is 19.6 Å². The third kappa shape index (κ3) is 3.57. The number of nitrogens with two attached hydrogens (primary N) is 1. The minimum absolute atomic E-state index is 0.178. The summed E-state index contributed by atoms with van der Waals surface area (Å²) in [4.78, 5) is 14.4. The Labute approximate surface area is 115 Å². The number of hydrogen-bond donors (Lipinski definition) is 1. The van der Waals surface area contributed by atoms with Crippen LogP contribution in [0.1, 0.15) is 42.1 Å². The average molecular weight is 260 g/mol. The van der Waals surface area contributed by atoms with E-state index in [9.17, 15) is 4.79 Å². The van der Waals surface area contributed by atoms with Crippen LogP contribution in [0.4, 0.5) is 0 Å². The van der Waals surface area contributed by atoms with Crippen molar-refractivity contribution in [1.29, 1.82) is 0 Å². The van der Waals surface area contributed by atoms with Gasteiger partial charge in [0.15, 0.2) is 0 Å². The second-order valence-electron chi connectivity index (χ2n) is 5.43. The van der Waals surface area contributed by atoms with Crippen molar-refractivity contribution in [3.05, 3.63) is 35.4 Å². The van der Waals surface area contributed by atoms with Crippen LogP contribution in [-0.4, -0.2) is 30.4 Å². The lowest BCUT2D eigenvalue weighted by Crippen LogP contribution is -2.28. The molecule has 1 heterocycles. The van der Waals surface area contributed by atoms with Crippen LogP contribution >= 0.6 is 0 Å². The molecule has 104 valence electrons. The van der Waals surface area contributed by atoms with Gasteiger partial charge in [0.1, 0.15) is 0 Å². The summed E-state index contributed by atoms with van der Waals surface area (Å²) in [7, 11) is 0. The molecule has 1 aliphatic rings. The Kier molecular flexibility index (Phi) is 4.97. The molecule has 1 aromatic rings. The number of amides is 1. The minimum atomic E-state index is 0.178. The molecule has 1 aromatic carbocycles. The molecule has 3 heteroatoms. The van der Waals surface area contributed by atoms with E-state index >= 15 is 0 Å². The first-order valence-electron chi connectivity index (χ1n) is 7.33. The fraction of sp³-hybridized carbons (Fsp3) is 0.562. The van der Waals surface area contributed by atoms with Crippen LogP contribution < -0.4 is 5.73 Å². The number of hydrogen-bond acceptors (Lipinski definition) is 2. The van der Waals surface area contributed by atoms with Crippen LogP contribution in [0.15, 0.2) is 24.3 Å². The summed E-state index contributed by atoms with van der Waals surface area (Å²) in [5.41, 5.74) is 7.52. The highest BCUT2D eigenvalue weighted by Gasteiger charge is 2.26. The molecule has 0 spiro atoms. The van der Waals surface area contributed by atoms with E-state index in [1.54, 1.807) is 0 Å². The van der Waals surface area contributed by atoms with Crippen LogP contribution in [0, 0.1) is 5.92 Å². The number of carbonyl (C=O) groups excluding carboxylic acids is 1. The van der Waals surface area contributed by atoms with E-state index in [0.717, 1.165) is 37.1 Å². The molecule has 1 saturated heterocycles. The molecule has 0 bridgehead atoms. The van der Waals surface area contributed by atoms with Gasteiger partial charge in [-0.05, 0) is 49.4 Å². The maximum absolute atomic E-state index is 12.4. The van der Waals surface area contributed by atoms with Crippen molar-refractivity contribution < 1.29 is 4.79 Å². The Morgan fingerprint density at radius 1 is 1.47 bits per heavy atom. The predicted octanol–water partition coefficient (Wildman–Crippen LogP) is 2.45. The number of benzene rings is 1. The van der Waals surface area contributed by atoms with E-state index in [1.807, 2.05) is 29.2 Å². The monoisotopic (exact) mass is 260 g/mol. The molecule has 1 aliphatic heterocycles. The average Bonchev–Trinajstić information content (AvgIpc) is 2.88. The highest BCUT2D eigenvalue weighted by molar-refractivity contribution is 5.94. The van der Waals surface area contributed by atoms with E-state index in [0.29, 0.717) is 12.5 Å². The summed E-state index contributed by atoms with van der Waals surface area (Å²) in [6, 6.07) is 7.89. The molecule has 0 radical (unpaired) electrons. The molecule has 3 nitrogen and oxygen atoms in total. The lowest BCUT2D eigenvalue weighted by molar-refractivity contribution is 0.0786. The molecule has 0 saturated carbocycles. The molecule has 0 aliphatic carbocycles. The number of likely N-dealkylation sites (tertiary alicyclic amines) is 1. The summed E-state index contributed by atoms with van der Waals surface area (Å²) in [6.07, 6.45) is 4.43. The van der Waals surface area contributed by atoms with Gasteiger partial charge in [-0.2, -0.15) is 0 Å². The number of nitrogens with zero attached hydrogens (tertiary/aromatic N) is 1. The molecule has 0 aromatic heterocycles. The fourth-order valence-corrected chi connectivity index (χ4v) is 2.87. The maximum Gasteiger partial charge on any atom is 0.253 e. The van der Waals surface area contributed by atoms with Crippen molar-refractivity contribution in [2.24, 2.45) is 11.7 Å². The Hall–Kier alpha value is -1.35. The van der Waals surface area contributed by atoms with Crippen LogP contribution in [0.5, 0.6) is 0 Å². The Morgan fingerprint density at radius 3 is 3.05 bits per heavy atom. The molecule has 1 atom stereocenters. The van der Waals surface area contributed by atoms with Crippen LogP contribution in [0.25, 0.3) is 0 Å². The van der Waals surface area contributed by atoms with E-state index < -0.39 is 0 Å². The van der Waals surface area contributed by atoms with Crippen molar-refractivity contribution in [3.63, 3.8) is 0 Å². The molecule has 2 N–H and O–H groups in total. The standard InChI is InChI=1S/C16H24N2O/c1-2-4-14-8-10-18(12-14)16(19)15-6-3-5-13(11-15)7-9-17/h3,5-6,11,14H,2,4,7-10,12,17H2,1H3. The topological polar surface area (TPSA) is 46.3 Å². The maximum atomic E-state index is 12.4. The first kappa shape index (κ1) is 14.1. The van der Waals surface area contributed by atoms with E-state index in [4.69, 9.17) is 5.73 Å². The Morgan fingerprint density at radius 2 is 2.32 bits per heavy atom. The van der Waals surface area contributed by atoms with Gasteiger partial charge in [-0.25, -0.2) is 0 Å². The van der Waals surface area contributed by atoms with E-state index in [-0.39, 0.29) is 5.91 Å². The van der Waals surface area contributed by atoms with Gasteiger partial charge < -0.3 is 10.6 Å². The highest BCUT2D eigenvalue weighted by atomic mass is 16.2. The van der Waals surface area contributed by atoms with Crippen LogP contribution in [-0.2, 0) is 6.42 Å². The summed E-state index contributed by atoms with van der Waals surface area (Å²) < 4.78 is 0. The van der Waals surface area contributed by atoms with E-state index in [2.05, 4.69) is 6.92 Å². The highest BCUT2D eigenvalue weighted by Crippen LogP contribution is 2.22. The third-order valence-corrected chi connectivity index (χ3v) is 3.88. The number of carbonyl (C=O) groups is 1. The first-order chi connectivity index (χ1) is 9.24. The molecule has 19 heavy (non-hydrogen) atoms. The van der Waals surface area contributed by atoms with Gasteiger partial charge in [0.2, 0.25) is 0 Å². The lowest BCUT2D eigenvalue weighted by atomic mass is 10.0. The van der Waals surface area contributed by atoms with Crippen molar-refractivity contribution >= 4 is 5.91 Å². The minimum Gasteiger partial charge on any atom is -0.338 e. The van der Waals surface area contributed by atoms with Crippen molar-refractivity contribution in [2.45, 2.75) is 32.6 Å². The van der Waals surface area contributed by atoms with Crippen LogP contribution in [0.2, 0.25) is 0 Å². The van der Waals surface area contributed by atoms with Gasteiger partial charge in [-0.1, -0.05) is 25.5 Å². The van der Waals surface area contributed by atoms with Crippen molar-refractivity contribution in [1.82, 2.24) is 4.90 Å². The van der Waals surface area contributed by atoms with Gasteiger partial charge >= 0.3 is 0 Å². The summed E-state index contributed by atoms with van der Waals surface area (Å²) in [5, 5.41) is 0. The molecule has 2 rings (SSSR count). The van der Waals surface area contributed by atoms with E-state index in [1.165, 1.54) is 12.8 Å². The third-order valence-electron chi connectivity index (χ3n) is 3.88. The summed E-state index contributed by atoms with van der Waals surface area (Å²) in [5.74, 6) is 0.874. The van der Waals surface area contributed by atoms with Gasteiger partial charge in [-0.15, -0.1) is 0 Å². The lowest BCUT2D eigenvalue weighted by Gasteiger charge is -2.17. The normalized spacial score (nSPS) is 18.8. The quantitative estimate of drug-likeness (QED) is 0.884. The van der Waals surface area contributed by atoms with Gasteiger partial charge in [0.25, 0.3) is 5.91 Å². The molecule has 1 unspecified atom stereocenters. The second kappa shape index (κ2) is 6.71. The zero-order valence-electron chi connectivity index (χ0n) is 11.8. The van der Waals surface area contributed by atoms with Crippen molar-refractivity contribution in [3.8, 4) is 0 Å². The molecule has 1 fully saturated rings. The largest absolute Gasteiger partial charge is 0.338 e. The number of rotatable bonds is 5. The summed E-state index contributed by atoms with van der Waals surface area (Å²) in [6.45, 7) is 4.67. The SMILES string of the molecule is CCCC1CCN(C(=O)c2cccc(CCN)c2)C1. The van der Waals surface area contributed by atoms with Gasteiger partial charge in [0.05, 0.1) is 0 Å². The smallest absolute Gasteiger partial charge is 0.253 e. The Balaban J connectivity index is 2.01. The zero-order chi connectivity index (χ0) is 13.7. The Bertz CT molecular complexity index is 431. The summed E-state index contributed by atoms with van der Waals surface area (Å²) >= 11 is 0. The molecular weight excluding hydrogens is 236 g/mol. The van der Waals surface area contributed by atoms with Crippen LogP contribution in [0.3, 0.4) is 0 Å².